The molecule has 2 aromatic carbocycles. The van der Waals surface area contributed by atoms with E-state index in [0.717, 1.165) is 39.3 Å². The molecular weight excluding hydrogens is 340 g/mol. The first-order valence-electron chi connectivity index (χ1n) is 7.73. The Morgan fingerprint density at radius 3 is 2.28 bits per heavy atom. The number of anilines is 1. The molecule has 0 bridgehead atoms. The van der Waals surface area contributed by atoms with Gasteiger partial charge in [-0.15, -0.1) is 12.4 Å². The molecule has 0 fully saturated rings. The summed E-state index contributed by atoms with van der Waals surface area (Å²) in [5.74, 6) is 1.56. The molecule has 6 heteroatoms. The Hall–Kier alpha value is -2.50. The van der Waals surface area contributed by atoms with Crippen molar-refractivity contribution in [2.75, 3.05) is 32.7 Å². The van der Waals surface area contributed by atoms with Gasteiger partial charge in [0.2, 0.25) is 0 Å². The fraction of sp³-hybridized carbons (Fsp3) is 0.211. The molecule has 0 saturated carbocycles. The van der Waals surface area contributed by atoms with Crippen LogP contribution in [0.15, 0.2) is 48.5 Å². The van der Waals surface area contributed by atoms with Crippen LogP contribution in [0, 0.1) is 0 Å². The Balaban J connectivity index is 0.00000225. The number of nitrogens with one attached hydrogen (secondary N) is 1. The highest BCUT2D eigenvalue weighted by atomic mass is 35.5. The number of aliphatic hydroxyl groups is 1. The van der Waals surface area contributed by atoms with E-state index in [-0.39, 0.29) is 19.0 Å². The van der Waals surface area contributed by atoms with Crippen LogP contribution < -0.4 is 14.8 Å². The SMILES string of the molecule is COc1ccc(-c2cc(NCCO)c3ccc(OC)cc3n2)cc1.Cl. The van der Waals surface area contributed by atoms with Crippen molar-refractivity contribution >= 4 is 29.0 Å². The second kappa shape index (κ2) is 8.55. The Kier molecular flexibility index (Phi) is 6.44. The van der Waals surface area contributed by atoms with Crippen LogP contribution in [0.2, 0.25) is 0 Å². The fourth-order valence-corrected chi connectivity index (χ4v) is 2.58. The van der Waals surface area contributed by atoms with Gasteiger partial charge in [0.1, 0.15) is 11.5 Å². The van der Waals surface area contributed by atoms with E-state index >= 15 is 0 Å². The topological polar surface area (TPSA) is 63.6 Å². The smallest absolute Gasteiger partial charge is 0.121 e. The van der Waals surface area contributed by atoms with Crippen molar-refractivity contribution in [3.8, 4) is 22.8 Å². The number of hydrogen-bond donors (Lipinski definition) is 2. The van der Waals surface area contributed by atoms with E-state index in [2.05, 4.69) is 5.32 Å². The zero-order chi connectivity index (χ0) is 16.9. The highest BCUT2D eigenvalue weighted by Gasteiger charge is 2.09. The van der Waals surface area contributed by atoms with Crippen LogP contribution in [0.3, 0.4) is 0 Å². The van der Waals surface area contributed by atoms with E-state index in [4.69, 9.17) is 19.6 Å². The lowest BCUT2D eigenvalue weighted by Crippen LogP contribution is -2.06. The number of aliphatic hydroxyl groups excluding tert-OH is 1. The van der Waals surface area contributed by atoms with Crippen molar-refractivity contribution < 1.29 is 14.6 Å². The van der Waals surface area contributed by atoms with Crippen LogP contribution in [-0.2, 0) is 0 Å². The molecule has 0 aliphatic carbocycles. The minimum absolute atomic E-state index is 0. The molecule has 0 atom stereocenters. The second-order valence-corrected chi connectivity index (χ2v) is 5.32. The van der Waals surface area contributed by atoms with Crippen LogP contribution in [-0.4, -0.2) is 37.5 Å². The van der Waals surface area contributed by atoms with E-state index in [1.165, 1.54) is 0 Å². The van der Waals surface area contributed by atoms with E-state index in [0.29, 0.717) is 6.54 Å². The highest BCUT2D eigenvalue weighted by Crippen LogP contribution is 2.31. The molecular formula is C19H21ClN2O3. The molecule has 0 radical (unpaired) electrons. The predicted octanol–water partition coefficient (Wildman–Crippen LogP) is 3.75. The average Bonchev–Trinajstić information content (AvgIpc) is 2.65. The van der Waals surface area contributed by atoms with E-state index in [1.807, 2.05) is 48.5 Å². The molecule has 3 aromatic rings. The minimum atomic E-state index is 0. The van der Waals surface area contributed by atoms with Gasteiger partial charge in [0.15, 0.2) is 0 Å². The summed E-state index contributed by atoms with van der Waals surface area (Å²) in [6.07, 6.45) is 0. The summed E-state index contributed by atoms with van der Waals surface area (Å²) in [6, 6.07) is 15.5. The predicted molar refractivity (Wildman–Crippen MR) is 103 cm³/mol. The summed E-state index contributed by atoms with van der Waals surface area (Å²) in [4.78, 5) is 4.75. The third kappa shape index (κ3) is 4.13. The van der Waals surface area contributed by atoms with Crippen molar-refractivity contribution in [2.45, 2.75) is 0 Å². The maximum atomic E-state index is 9.11. The maximum absolute atomic E-state index is 9.11. The van der Waals surface area contributed by atoms with Gasteiger partial charge in [-0.2, -0.15) is 0 Å². The van der Waals surface area contributed by atoms with Gasteiger partial charge in [0.25, 0.3) is 0 Å². The summed E-state index contributed by atoms with van der Waals surface area (Å²) < 4.78 is 10.5. The second-order valence-electron chi connectivity index (χ2n) is 5.32. The molecule has 2 N–H and O–H groups in total. The van der Waals surface area contributed by atoms with E-state index in [9.17, 15) is 0 Å². The summed E-state index contributed by atoms with van der Waals surface area (Å²) in [6.45, 7) is 0.547. The molecule has 25 heavy (non-hydrogen) atoms. The monoisotopic (exact) mass is 360 g/mol. The van der Waals surface area contributed by atoms with Gasteiger partial charge in [-0.25, -0.2) is 4.98 Å². The molecule has 5 nitrogen and oxygen atoms in total. The van der Waals surface area contributed by atoms with E-state index in [1.54, 1.807) is 14.2 Å². The first-order valence-corrected chi connectivity index (χ1v) is 7.73. The lowest BCUT2D eigenvalue weighted by Gasteiger charge is -2.12. The normalized spacial score (nSPS) is 10.2. The van der Waals surface area contributed by atoms with Crippen LogP contribution in [0.25, 0.3) is 22.2 Å². The van der Waals surface area contributed by atoms with Gasteiger partial charge in [0.05, 0.1) is 32.0 Å². The Bertz CT molecular complexity index is 838. The van der Waals surface area contributed by atoms with E-state index < -0.39 is 0 Å². The highest BCUT2D eigenvalue weighted by molar-refractivity contribution is 5.94. The van der Waals surface area contributed by atoms with Crippen molar-refractivity contribution in [1.82, 2.24) is 4.98 Å². The van der Waals surface area contributed by atoms with Crippen molar-refractivity contribution in [2.24, 2.45) is 0 Å². The van der Waals surface area contributed by atoms with Crippen LogP contribution in [0.5, 0.6) is 11.5 Å². The molecule has 132 valence electrons. The van der Waals surface area contributed by atoms with Crippen molar-refractivity contribution in [1.29, 1.82) is 0 Å². The van der Waals surface area contributed by atoms with Gasteiger partial charge in [-0.1, -0.05) is 0 Å². The summed E-state index contributed by atoms with van der Waals surface area (Å²) in [5, 5.41) is 13.4. The van der Waals surface area contributed by atoms with Gasteiger partial charge in [-0.3, -0.25) is 0 Å². The van der Waals surface area contributed by atoms with Crippen LogP contribution in [0.4, 0.5) is 5.69 Å². The summed E-state index contributed by atoms with van der Waals surface area (Å²) in [5.41, 5.74) is 3.61. The number of methoxy groups -OCH3 is 2. The number of hydrogen-bond acceptors (Lipinski definition) is 5. The molecule has 0 amide bonds. The molecule has 0 unspecified atom stereocenters. The van der Waals surface area contributed by atoms with Gasteiger partial charge in [-0.05, 0) is 42.5 Å². The Labute approximate surface area is 153 Å². The zero-order valence-electron chi connectivity index (χ0n) is 14.2. The third-order valence-electron chi connectivity index (χ3n) is 3.83. The lowest BCUT2D eigenvalue weighted by atomic mass is 10.1. The minimum Gasteiger partial charge on any atom is -0.497 e. The Morgan fingerprint density at radius 1 is 0.960 bits per heavy atom. The molecule has 0 spiro atoms. The summed E-state index contributed by atoms with van der Waals surface area (Å²) in [7, 11) is 3.28. The number of aromatic nitrogens is 1. The first-order chi connectivity index (χ1) is 11.7. The van der Waals surface area contributed by atoms with Gasteiger partial charge >= 0.3 is 0 Å². The van der Waals surface area contributed by atoms with Gasteiger partial charge in [0, 0.05) is 29.2 Å². The zero-order valence-corrected chi connectivity index (χ0v) is 15.0. The summed E-state index contributed by atoms with van der Waals surface area (Å²) >= 11 is 0. The standard InChI is InChI=1S/C19H20N2O3.ClH/c1-23-14-5-3-13(4-6-14)17-12-18(20-9-10-22)16-8-7-15(24-2)11-19(16)21-17;/h3-8,11-12,22H,9-10H2,1-2H3,(H,20,21);1H. The fourth-order valence-electron chi connectivity index (χ4n) is 2.58. The third-order valence-corrected chi connectivity index (χ3v) is 3.83. The lowest BCUT2D eigenvalue weighted by molar-refractivity contribution is 0.311. The number of halogens is 1. The van der Waals surface area contributed by atoms with Gasteiger partial charge < -0.3 is 19.9 Å². The Morgan fingerprint density at radius 2 is 1.64 bits per heavy atom. The average molecular weight is 361 g/mol. The maximum Gasteiger partial charge on any atom is 0.121 e. The van der Waals surface area contributed by atoms with Crippen LogP contribution in [0.1, 0.15) is 0 Å². The molecule has 1 aromatic heterocycles. The first kappa shape index (κ1) is 18.8. The quantitative estimate of drug-likeness (QED) is 0.701. The number of pyridine rings is 1. The number of nitrogens with zero attached hydrogens (tertiary/aromatic N) is 1. The number of ether oxygens (including phenoxy) is 2. The molecule has 1 heterocycles. The molecule has 0 aliphatic rings. The largest absolute Gasteiger partial charge is 0.497 e. The van der Waals surface area contributed by atoms with Crippen LogP contribution >= 0.6 is 12.4 Å². The molecule has 0 saturated heterocycles. The van der Waals surface area contributed by atoms with Crippen molar-refractivity contribution in [3.63, 3.8) is 0 Å². The molecule has 0 aliphatic heterocycles. The number of fused-ring (bicyclic) bond motifs is 1. The van der Waals surface area contributed by atoms with Crippen molar-refractivity contribution in [3.05, 3.63) is 48.5 Å². The number of benzene rings is 2. The number of rotatable bonds is 6. The molecule has 3 rings (SSSR count).